The number of carbonyl (C=O) groups is 2. The van der Waals surface area contributed by atoms with Crippen LogP contribution in [0.4, 0.5) is 5.69 Å². The van der Waals surface area contributed by atoms with Gasteiger partial charge in [0, 0.05) is 29.7 Å². The van der Waals surface area contributed by atoms with Gasteiger partial charge in [0.1, 0.15) is 0 Å². The molecule has 0 aliphatic carbocycles. The minimum atomic E-state index is -0.884. The summed E-state index contributed by atoms with van der Waals surface area (Å²) in [5.41, 5.74) is 2.43. The van der Waals surface area contributed by atoms with Gasteiger partial charge in [-0.05, 0) is 44.0 Å². The highest BCUT2D eigenvalue weighted by molar-refractivity contribution is 5.99. The molecule has 0 saturated carbocycles. The van der Waals surface area contributed by atoms with Gasteiger partial charge in [-0.15, -0.1) is 0 Å². The number of esters is 2. The average Bonchev–Trinajstić information content (AvgIpc) is 2.83. The molecule has 9 nitrogen and oxygen atoms in total. The van der Waals surface area contributed by atoms with Crippen molar-refractivity contribution in [1.82, 2.24) is 10.3 Å². The van der Waals surface area contributed by atoms with E-state index in [1.54, 1.807) is 26.1 Å². The first-order chi connectivity index (χ1) is 16.3. The molecular weight excluding hydrogens is 438 g/mol. The fourth-order valence-electron chi connectivity index (χ4n) is 3.77. The molecule has 0 spiro atoms. The minimum absolute atomic E-state index is 0.108. The van der Waals surface area contributed by atoms with Crippen molar-refractivity contribution in [3.8, 4) is 0 Å². The van der Waals surface area contributed by atoms with E-state index in [1.807, 2.05) is 30.4 Å². The number of benzene rings is 1. The Hall–Kier alpha value is -4.27. The Labute approximate surface area is 196 Å². The summed E-state index contributed by atoms with van der Waals surface area (Å²) in [7, 11) is 1.24. The van der Waals surface area contributed by atoms with Gasteiger partial charge in [-0.1, -0.05) is 24.3 Å². The van der Waals surface area contributed by atoms with Crippen molar-refractivity contribution in [3.05, 3.63) is 98.6 Å². The number of rotatable bonds is 8. The lowest BCUT2D eigenvalue weighted by atomic mass is 9.80. The SMILES string of the molecule is COC(=O)C1=C(C)NC(C)=C(C(=O)OCC/C=C/c2ccccn2)C1c1cccc([N+](=O)[O-])c1. The fraction of sp³-hybridized carbons (Fsp3) is 0.240. The van der Waals surface area contributed by atoms with Crippen molar-refractivity contribution in [2.75, 3.05) is 13.7 Å². The van der Waals surface area contributed by atoms with Gasteiger partial charge in [-0.25, -0.2) is 9.59 Å². The predicted octanol–water partition coefficient (Wildman–Crippen LogP) is 4.04. The Bertz CT molecular complexity index is 1180. The molecule has 9 heteroatoms. The summed E-state index contributed by atoms with van der Waals surface area (Å²) in [6, 6.07) is 11.4. The number of allylic oxidation sites excluding steroid dienone is 2. The van der Waals surface area contributed by atoms with E-state index in [2.05, 4.69) is 10.3 Å². The summed E-state index contributed by atoms with van der Waals surface area (Å²) in [6.07, 6.45) is 5.82. The van der Waals surface area contributed by atoms with E-state index in [0.717, 1.165) is 5.69 Å². The van der Waals surface area contributed by atoms with Crippen molar-refractivity contribution in [2.24, 2.45) is 0 Å². The summed E-state index contributed by atoms with van der Waals surface area (Å²) >= 11 is 0. The third kappa shape index (κ3) is 5.55. The van der Waals surface area contributed by atoms with Gasteiger partial charge in [0.25, 0.3) is 5.69 Å². The third-order valence-electron chi connectivity index (χ3n) is 5.29. The maximum absolute atomic E-state index is 13.1. The average molecular weight is 463 g/mol. The van der Waals surface area contributed by atoms with Gasteiger partial charge in [0.15, 0.2) is 0 Å². The topological polar surface area (TPSA) is 121 Å². The molecule has 0 saturated heterocycles. The lowest BCUT2D eigenvalue weighted by molar-refractivity contribution is -0.384. The van der Waals surface area contributed by atoms with E-state index < -0.39 is 22.8 Å². The molecule has 1 unspecified atom stereocenters. The molecular formula is C25H25N3O6. The Balaban J connectivity index is 1.87. The molecule has 176 valence electrons. The molecule has 2 aromatic rings. The highest BCUT2D eigenvalue weighted by Crippen LogP contribution is 2.40. The molecule has 1 atom stereocenters. The molecule has 0 amide bonds. The number of nitrogens with one attached hydrogen (secondary N) is 1. The summed E-state index contributed by atoms with van der Waals surface area (Å²) in [4.78, 5) is 40.8. The molecule has 1 N–H and O–H groups in total. The molecule has 1 aliphatic heterocycles. The normalized spacial score (nSPS) is 15.8. The van der Waals surface area contributed by atoms with Crippen LogP contribution in [0.3, 0.4) is 0 Å². The smallest absolute Gasteiger partial charge is 0.336 e. The maximum Gasteiger partial charge on any atom is 0.336 e. The van der Waals surface area contributed by atoms with Gasteiger partial charge in [-0.2, -0.15) is 0 Å². The molecule has 1 aromatic heterocycles. The standard InChI is InChI=1S/C25H25N3O6/c1-16-21(24(29)33-3)23(18-9-8-12-20(15-18)28(31)32)22(17(2)27-16)25(30)34-14-7-5-11-19-10-4-6-13-26-19/h4-6,8-13,15,23,27H,7,14H2,1-3H3/b11-5+. The Morgan fingerprint density at radius 1 is 1.12 bits per heavy atom. The van der Waals surface area contributed by atoms with E-state index in [-0.39, 0.29) is 23.4 Å². The van der Waals surface area contributed by atoms with E-state index in [9.17, 15) is 19.7 Å². The number of carbonyl (C=O) groups excluding carboxylic acids is 2. The number of methoxy groups -OCH3 is 1. The van der Waals surface area contributed by atoms with Gasteiger partial charge >= 0.3 is 11.9 Å². The van der Waals surface area contributed by atoms with Crippen molar-refractivity contribution in [3.63, 3.8) is 0 Å². The molecule has 2 heterocycles. The number of nitrogens with zero attached hydrogens (tertiary/aromatic N) is 2. The van der Waals surface area contributed by atoms with Crippen LogP contribution in [0, 0.1) is 10.1 Å². The lowest BCUT2D eigenvalue weighted by Crippen LogP contribution is -2.32. The van der Waals surface area contributed by atoms with Crippen molar-refractivity contribution in [2.45, 2.75) is 26.2 Å². The number of hydrogen-bond acceptors (Lipinski definition) is 8. The van der Waals surface area contributed by atoms with Gasteiger partial charge in [-0.3, -0.25) is 15.1 Å². The zero-order valence-electron chi connectivity index (χ0n) is 19.1. The second kappa shape index (κ2) is 11.0. The predicted molar refractivity (Wildman–Crippen MR) is 125 cm³/mol. The van der Waals surface area contributed by atoms with Crippen LogP contribution in [0.1, 0.15) is 37.4 Å². The van der Waals surface area contributed by atoms with Gasteiger partial charge in [0.05, 0.1) is 41.4 Å². The zero-order valence-corrected chi connectivity index (χ0v) is 19.1. The van der Waals surface area contributed by atoms with Crippen molar-refractivity contribution >= 4 is 23.7 Å². The number of dihydropyridines is 1. The van der Waals surface area contributed by atoms with Crippen LogP contribution < -0.4 is 5.32 Å². The second-order valence-corrected chi connectivity index (χ2v) is 7.56. The van der Waals surface area contributed by atoms with Crippen LogP contribution in [0.5, 0.6) is 0 Å². The molecule has 34 heavy (non-hydrogen) atoms. The first-order valence-corrected chi connectivity index (χ1v) is 10.6. The monoisotopic (exact) mass is 463 g/mol. The van der Waals surface area contributed by atoms with Crippen LogP contribution in [-0.4, -0.2) is 35.6 Å². The lowest BCUT2D eigenvalue weighted by Gasteiger charge is -2.30. The number of non-ortho nitro benzene ring substituents is 1. The Morgan fingerprint density at radius 3 is 2.50 bits per heavy atom. The van der Waals surface area contributed by atoms with Crippen LogP contribution in [0.25, 0.3) is 6.08 Å². The number of ether oxygens (including phenoxy) is 2. The summed E-state index contributed by atoms with van der Waals surface area (Å²) < 4.78 is 10.4. The first kappa shape index (κ1) is 24.4. The quantitative estimate of drug-likeness (QED) is 0.269. The molecule has 0 bridgehead atoms. The van der Waals surface area contributed by atoms with Crippen molar-refractivity contribution in [1.29, 1.82) is 0 Å². The number of nitro groups is 1. The minimum Gasteiger partial charge on any atom is -0.466 e. The zero-order chi connectivity index (χ0) is 24.7. The van der Waals surface area contributed by atoms with E-state index in [1.165, 1.54) is 25.3 Å². The number of aromatic nitrogens is 1. The molecule has 3 rings (SSSR count). The molecule has 0 fully saturated rings. The van der Waals surface area contributed by atoms with E-state index in [0.29, 0.717) is 23.4 Å². The van der Waals surface area contributed by atoms with Crippen molar-refractivity contribution < 1.29 is 24.0 Å². The molecule has 0 radical (unpaired) electrons. The van der Waals surface area contributed by atoms with Crippen LogP contribution in [0.2, 0.25) is 0 Å². The number of nitro benzene ring substituents is 1. The van der Waals surface area contributed by atoms with Gasteiger partial charge < -0.3 is 14.8 Å². The second-order valence-electron chi connectivity index (χ2n) is 7.56. The van der Waals surface area contributed by atoms with E-state index >= 15 is 0 Å². The Kier molecular flexibility index (Phi) is 7.92. The third-order valence-corrected chi connectivity index (χ3v) is 5.29. The summed E-state index contributed by atoms with van der Waals surface area (Å²) in [6.45, 7) is 3.49. The van der Waals surface area contributed by atoms with E-state index in [4.69, 9.17) is 9.47 Å². The Morgan fingerprint density at radius 2 is 1.85 bits per heavy atom. The number of pyridine rings is 1. The van der Waals surface area contributed by atoms with Gasteiger partial charge in [0.2, 0.25) is 0 Å². The maximum atomic E-state index is 13.1. The summed E-state index contributed by atoms with van der Waals surface area (Å²) in [5.74, 6) is -2.15. The highest BCUT2D eigenvalue weighted by Gasteiger charge is 2.38. The van der Waals surface area contributed by atoms with Crippen LogP contribution in [0.15, 0.2) is 77.3 Å². The largest absolute Gasteiger partial charge is 0.466 e. The number of hydrogen-bond donors (Lipinski definition) is 1. The van der Waals surface area contributed by atoms with Crippen LogP contribution in [-0.2, 0) is 19.1 Å². The van der Waals surface area contributed by atoms with Crippen LogP contribution >= 0.6 is 0 Å². The highest BCUT2D eigenvalue weighted by atomic mass is 16.6. The summed E-state index contributed by atoms with van der Waals surface area (Å²) in [5, 5.41) is 14.4. The fourth-order valence-corrected chi connectivity index (χ4v) is 3.77. The molecule has 1 aliphatic rings. The first-order valence-electron chi connectivity index (χ1n) is 10.6. The molecule has 1 aromatic carbocycles.